The molecule has 3 rings (SSSR count). The van der Waals surface area contributed by atoms with Crippen LogP contribution in [0.15, 0.2) is 48.7 Å². The smallest absolute Gasteiger partial charge is 0.130 e. The van der Waals surface area contributed by atoms with Crippen molar-refractivity contribution in [3.63, 3.8) is 0 Å². The third-order valence-corrected chi connectivity index (χ3v) is 3.70. The number of benzene rings is 2. The van der Waals surface area contributed by atoms with Crippen LogP contribution in [-0.2, 0) is 0 Å². The van der Waals surface area contributed by atoms with Gasteiger partial charge in [0.25, 0.3) is 0 Å². The lowest BCUT2D eigenvalue weighted by molar-refractivity contribution is 0.245. The zero-order valence-electron chi connectivity index (χ0n) is 12.3. The van der Waals surface area contributed by atoms with E-state index in [1.54, 1.807) is 12.3 Å². The molecule has 0 N–H and O–H groups in total. The summed E-state index contributed by atoms with van der Waals surface area (Å²) >= 11 is 12.2. The fraction of sp³-hybridized carbons (Fsp3) is 0.167. The van der Waals surface area contributed by atoms with E-state index in [1.807, 2.05) is 50.2 Å². The van der Waals surface area contributed by atoms with E-state index in [-0.39, 0.29) is 6.10 Å². The Labute approximate surface area is 139 Å². The van der Waals surface area contributed by atoms with Crippen LogP contribution in [0, 0.1) is 0 Å². The Morgan fingerprint density at radius 3 is 2.41 bits per heavy atom. The molecule has 4 heteroatoms. The van der Waals surface area contributed by atoms with Gasteiger partial charge in [0.05, 0.1) is 11.6 Å². The fourth-order valence-corrected chi connectivity index (χ4v) is 2.98. The molecule has 0 aliphatic rings. The van der Waals surface area contributed by atoms with Crippen LogP contribution in [0.5, 0.6) is 5.75 Å². The summed E-state index contributed by atoms with van der Waals surface area (Å²) in [6.45, 7) is 4.01. The molecular weight excluding hydrogens is 317 g/mol. The predicted octanol–water partition coefficient (Wildman–Crippen LogP) is 6.00. The Morgan fingerprint density at radius 1 is 1.00 bits per heavy atom. The van der Waals surface area contributed by atoms with Gasteiger partial charge in [-0.25, -0.2) is 0 Å². The van der Waals surface area contributed by atoms with Crippen LogP contribution in [0.4, 0.5) is 0 Å². The van der Waals surface area contributed by atoms with E-state index in [9.17, 15) is 0 Å². The van der Waals surface area contributed by atoms with Crippen LogP contribution in [0.1, 0.15) is 13.8 Å². The highest BCUT2D eigenvalue weighted by molar-refractivity contribution is 6.35. The lowest BCUT2D eigenvalue weighted by atomic mass is 10.0. The Balaban J connectivity index is 2.23. The summed E-state index contributed by atoms with van der Waals surface area (Å²) in [5.74, 6) is 0.829. The Bertz CT molecular complexity index is 810. The summed E-state index contributed by atoms with van der Waals surface area (Å²) in [6, 6.07) is 13.4. The lowest BCUT2D eigenvalue weighted by Crippen LogP contribution is -2.06. The molecule has 22 heavy (non-hydrogen) atoms. The second kappa shape index (κ2) is 6.15. The minimum absolute atomic E-state index is 0.106. The maximum absolute atomic E-state index is 6.12. The molecule has 0 fully saturated rings. The van der Waals surface area contributed by atoms with Crippen molar-refractivity contribution >= 4 is 34.1 Å². The van der Waals surface area contributed by atoms with Crippen LogP contribution >= 0.6 is 23.2 Å². The number of hydrogen-bond donors (Lipinski definition) is 0. The summed E-state index contributed by atoms with van der Waals surface area (Å²) in [6.07, 6.45) is 1.87. The van der Waals surface area contributed by atoms with Crippen molar-refractivity contribution in [3.8, 4) is 16.9 Å². The summed E-state index contributed by atoms with van der Waals surface area (Å²) in [5, 5.41) is 2.19. The van der Waals surface area contributed by atoms with Crippen LogP contribution in [0.3, 0.4) is 0 Å². The normalized spacial score (nSPS) is 11.1. The molecule has 0 unspecified atom stereocenters. The molecule has 0 saturated carbocycles. The number of para-hydroxylation sites is 1. The number of aromatic nitrogens is 1. The number of fused-ring (bicyclic) bond motifs is 1. The molecule has 0 aliphatic heterocycles. The summed E-state index contributed by atoms with van der Waals surface area (Å²) < 4.78 is 5.87. The molecule has 0 spiro atoms. The monoisotopic (exact) mass is 331 g/mol. The van der Waals surface area contributed by atoms with Gasteiger partial charge in [0.2, 0.25) is 0 Å². The molecule has 3 aromatic rings. The van der Waals surface area contributed by atoms with E-state index in [0.717, 1.165) is 27.8 Å². The second-order valence-electron chi connectivity index (χ2n) is 5.34. The largest absolute Gasteiger partial charge is 0.490 e. The number of halogens is 2. The highest BCUT2D eigenvalue weighted by Crippen LogP contribution is 2.34. The number of pyridine rings is 1. The third-order valence-electron chi connectivity index (χ3n) is 3.27. The number of hydrogen-bond acceptors (Lipinski definition) is 2. The topological polar surface area (TPSA) is 22.1 Å². The van der Waals surface area contributed by atoms with Crippen molar-refractivity contribution in [3.05, 3.63) is 58.7 Å². The molecule has 112 valence electrons. The van der Waals surface area contributed by atoms with E-state index >= 15 is 0 Å². The third kappa shape index (κ3) is 3.03. The van der Waals surface area contributed by atoms with Gasteiger partial charge in [0.1, 0.15) is 5.75 Å². The Kier molecular flexibility index (Phi) is 4.23. The molecule has 0 amide bonds. The van der Waals surface area contributed by atoms with Gasteiger partial charge >= 0.3 is 0 Å². The van der Waals surface area contributed by atoms with E-state index in [1.165, 1.54) is 0 Å². The molecule has 1 heterocycles. The first-order valence-electron chi connectivity index (χ1n) is 7.05. The van der Waals surface area contributed by atoms with E-state index in [4.69, 9.17) is 27.9 Å². The first-order valence-corrected chi connectivity index (χ1v) is 7.81. The van der Waals surface area contributed by atoms with E-state index in [2.05, 4.69) is 4.98 Å². The average molecular weight is 332 g/mol. The van der Waals surface area contributed by atoms with Crippen LogP contribution in [0.25, 0.3) is 22.0 Å². The average Bonchev–Trinajstić information content (AvgIpc) is 2.45. The van der Waals surface area contributed by atoms with Crippen LogP contribution in [-0.4, -0.2) is 11.1 Å². The molecule has 1 aromatic heterocycles. The first kappa shape index (κ1) is 15.1. The lowest BCUT2D eigenvalue weighted by Gasteiger charge is -2.13. The number of rotatable bonds is 3. The highest BCUT2D eigenvalue weighted by Gasteiger charge is 2.11. The summed E-state index contributed by atoms with van der Waals surface area (Å²) in [7, 11) is 0. The van der Waals surface area contributed by atoms with Gasteiger partial charge < -0.3 is 4.74 Å². The minimum atomic E-state index is 0.106. The quantitative estimate of drug-likeness (QED) is 0.587. The predicted molar refractivity (Wildman–Crippen MR) is 93.0 cm³/mol. The maximum atomic E-state index is 6.12. The minimum Gasteiger partial charge on any atom is -0.490 e. The standard InChI is InChI=1S/C18H15Cl2NO/c1-11(2)22-17-6-7-21-18-15(4-3-5-16(17)18)12-8-13(19)10-14(20)9-12/h3-11H,1-2H3. The van der Waals surface area contributed by atoms with Crippen molar-refractivity contribution in [2.24, 2.45) is 0 Å². The van der Waals surface area contributed by atoms with Gasteiger partial charge in [0.15, 0.2) is 0 Å². The molecule has 0 atom stereocenters. The Hall–Kier alpha value is -1.77. The molecule has 0 saturated heterocycles. The highest BCUT2D eigenvalue weighted by atomic mass is 35.5. The van der Waals surface area contributed by atoms with Gasteiger partial charge in [-0.05, 0) is 49.7 Å². The SMILES string of the molecule is CC(C)Oc1ccnc2c(-c3cc(Cl)cc(Cl)c3)cccc12. The molecule has 0 aliphatic carbocycles. The number of ether oxygens (including phenoxy) is 1. The maximum Gasteiger partial charge on any atom is 0.130 e. The summed E-state index contributed by atoms with van der Waals surface area (Å²) in [4.78, 5) is 4.52. The molecule has 2 aromatic carbocycles. The van der Waals surface area contributed by atoms with Gasteiger partial charge in [-0.1, -0.05) is 35.3 Å². The Morgan fingerprint density at radius 2 is 1.73 bits per heavy atom. The van der Waals surface area contributed by atoms with E-state index in [0.29, 0.717) is 10.0 Å². The van der Waals surface area contributed by atoms with Crippen molar-refractivity contribution in [2.75, 3.05) is 0 Å². The number of nitrogens with zero attached hydrogens (tertiary/aromatic N) is 1. The van der Waals surface area contributed by atoms with Crippen LogP contribution in [0.2, 0.25) is 10.0 Å². The van der Waals surface area contributed by atoms with Gasteiger partial charge in [-0.3, -0.25) is 4.98 Å². The van der Waals surface area contributed by atoms with Crippen molar-refractivity contribution in [2.45, 2.75) is 20.0 Å². The summed E-state index contributed by atoms with van der Waals surface area (Å²) in [5.41, 5.74) is 2.80. The molecular formula is C18H15Cl2NO. The van der Waals surface area contributed by atoms with Crippen molar-refractivity contribution in [1.29, 1.82) is 0 Å². The zero-order chi connectivity index (χ0) is 15.7. The molecule has 0 bridgehead atoms. The van der Waals surface area contributed by atoms with Crippen LogP contribution < -0.4 is 4.74 Å². The van der Waals surface area contributed by atoms with Gasteiger partial charge in [-0.2, -0.15) is 0 Å². The van der Waals surface area contributed by atoms with E-state index < -0.39 is 0 Å². The zero-order valence-corrected chi connectivity index (χ0v) is 13.8. The van der Waals surface area contributed by atoms with Gasteiger partial charge in [0, 0.05) is 27.2 Å². The second-order valence-corrected chi connectivity index (χ2v) is 6.21. The first-order chi connectivity index (χ1) is 10.5. The van der Waals surface area contributed by atoms with Gasteiger partial charge in [-0.15, -0.1) is 0 Å². The van der Waals surface area contributed by atoms with Crippen molar-refractivity contribution < 1.29 is 4.74 Å². The fourth-order valence-electron chi connectivity index (χ4n) is 2.45. The van der Waals surface area contributed by atoms with Crippen molar-refractivity contribution in [1.82, 2.24) is 4.98 Å². The molecule has 2 nitrogen and oxygen atoms in total. The molecule has 0 radical (unpaired) electrons.